The normalized spacial score (nSPS) is 14.9. The van der Waals surface area contributed by atoms with Gasteiger partial charge in [0, 0.05) is 5.56 Å². The zero-order valence-corrected chi connectivity index (χ0v) is 16.8. The summed E-state index contributed by atoms with van der Waals surface area (Å²) >= 11 is 5.37. The Labute approximate surface area is 168 Å². The van der Waals surface area contributed by atoms with E-state index in [2.05, 4.69) is 5.32 Å². The lowest BCUT2D eigenvalue weighted by atomic mass is 10.1. The van der Waals surface area contributed by atoms with Crippen LogP contribution < -0.4 is 29.2 Å². The Morgan fingerprint density at radius 2 is 1.57 bits per heavy atom. The Kier molecular flexibility index (Phi) is 5.70. The Balaban J connectivity index is 2.03. The number of hydrogen-bond acceptors (Lipinski definition) is 6. The number of benzene rings is 2. The molecule has 0 atom stereocenters. The zero-order valence-electron chi connectivity index (χ0n) is 15.9. The number of anilines is 1. The summed E-state index contributed by atoms with van der Waals surface area (Å²) in [5.41, 5.74) is 1.51. The molecule has 0 aliphatic carbocycles. The van der Waals surface area contributed by atoms with Crippen LogP contribution in [0.5, 0.6) is 23.0 Å². The predicted molar refractivity (Wildman–Crippen MR) is 110 cm³/mol. The van der Waals surface area contributed by atoms with E-state index in [4.69, 9.17) is 31.2 Å². The fraction of sp³-hybridized carbons (Fsp3) is 0.200. The highest BCUT2D eigenvalue weighted by molar-refractivity contribution is 7.80. The van der Waals surface area contributed by atoms with E-state index in [1.165, 1.54) is 19.1 Å². The van der Waals surface area contributed by atoms with Gasteiger partial charge in [0.1, 0.15) is 11.4 Å². The van der Waals surface area contributed by atoms with Gasteiger partial charge in [0.25, 0.3) is 5.91 Å². The zero-order chi connectivity index (χ0) is 20.3. The molecule has 0 saturated carbocycles. The SMILES string of the molecule is COc1ccccc1N1C(=O)/C(=C\c2ccc(OC)c(OC)c2OC)NC1=S. The quantitative estimate of drug-likeness (QED) is 0.591. The van der Waals surface area contributed by atoms with E-state index >= 15 is 0 Å². The second kappa shape index (κ2) is 8.18. The molecule has 3 rings (SSSR count). The van der Waals surface area contributed by atoms with Crippen molar-refractivity contribution < 1.29 is 23.7 Å². The van der Waals surface area contributed by atoms with Crippen LogP contribution in [-0.2, 0) is 4.79 Å². The van der Waals surface area contributed by atoms with Gasteiger partial charge in [-0.15, -0.1) is 0 Å². The van der Waals surface area contributed by atoms with Crippen LogP contribution in [0.25, 0.3) is 6.08 Å². The van der Waals surface area contributed by atoms with Crippen molar-refractivity contribution in [1.29, 1.82) is 0 Å². The lowest BCUT2D eigenvalue weighted by Gasteiger charge is -2.17. The summed E-state index contributed by atoms with van der Waals surface area (Å²) in [6, 6.07) is 10.7. The molecule has 0 radical (unpaired) electrons. The molecule has 2 aromatic rings. The van der Waals surface area contributed by atoms with Gasteiger partial charge >= 0.3 is 0 Å². The third-order valence-electron chi connectivity index (χ3n) is 4.24. The number of rotatable bonds is 6. The number of carbonyl (C=O) groups is 1. The fourth-order valence-electron chi connectivity index (χ4n) is 2.96. The summed E-state index contributed by atoms with van der Waals surface area (Å²) < 4.78 is 21.5. The number of carbonyl (C=O) groups excluding carboxylic acids is 1. The van der Waals surface area contributed by atoms with Crippen LogP contribution in [0.4, 0.5) is 5.69 Å². The molecule has 0 bridgehead atoms. The van der Waals surface area contributed by atoms with Gasteiger partial charge in [0.2, 0.25) is 5.75 Å². The number of nitrogens with one attached hydrogen (secondary N) is 1. The van der Waals surface area contributed by atoms with Crippen LogP contribution in [0.1, 0.15) is 5.56 Å². The van der Waals surface area contributed by atoms with Crippen LogP contribution in [0.3, 0.4) is 0 Å². The Morgan fingerprint density at radius 3 is 2.21 bits per heavy atom. The minimum absolute atomic E-state index is 0.264. The third-order valence-corrected chi connectivity index (χ3v) is 4.52. The van der Waals surface area contributed by atoms with Gasteiger partial charge in [-0.05, 0) is 42.6 Å². The molecule has 1 saturated heterocycles. The number of thiocarbonyl (C=S) groups is 1. The number of para-hydroxylation sites is 2. The summed E-state index contributed by atoms with van der Waals surface area (Å²) in [5, 5.41) is 3.22. The van der Waals surface area contributed by atoms with E-state index in [-0.39, 0.29) is 11.0 Å². The molecule has 1 fully saturated rings. The van der Waals surface area contributed by atoms with Crippen molar-refractivity contribution in [3.63, 3.8) is 0 Å². The smallest absolute Gasteiger partial charge is 0.281 e. The van der Waals surface area contributed by atoms with Crippen LogP contribution in [0.2, 0.25) is 0 Å². The van der Waals surface area contributed by atoms with Crippen LogP contribution >= 0.6 is 12.2 Å². The molecule has 1 aliphatic heterocycles. The van der Waals surface area contributed by atoms with Crippen molar-refractivity contribution in [3.05, 3.63) is 47.7 Å². The first-order valence-corrected chi connectivity index (χ1v) is 8.75. The van der Waals surface area contributed by atoms with Crippen molar-refractivity contribution in [2.24, 2.45) is 0 Å². The second-order valence-electron chi connectivity index (χ2n) is 5.72. The average molecular weight is 400 g/mol. The number of amides is 1. The predicted octanol–water partition coefficient (Wildman–Crippen LogP) is 2.98. The minimum atomic E-state index is -0.300. The average Bonchev–Trinajstić information content (AvgIpc) is 3.00. The summed E-state index contributed by atoms with van der Waals surface area (Å²) in [7, 11) is 6.13. The van der Waals surface area contributed by atoms with Crippen molar-refractivity contribution in [2.45, 2.75) is 0 Å². The first-order chi connectivity index (χ1) is 13.5. The molecular formula is C20H20N2O5S. The van der Waals surface area contributed by atoms with Gasteiger partial charge in [-0.3, -0.25) is 4.79 Å². The van der Waals surface area contributed by atoms with Gasteiger partial charge < -0.3 is 24.3 Å². The van der Waals surface area contributed by atoms with E-state index in [0.717, 1.165) is 0 Å². The van der Waals surface area contributed by atoms with E-state index < -0.39 is 0 Å². The maximum absolute atomic E-state index is 13.0. The van der Waals surface area contributed by atoms with E-state index in [1.54, 1.807) is 44.6 Å². The van der Waals surface area contributed by atoms with Crippen LogP contribution in [0, 0.1) is 0 Å². The number of methoxy groups -OCH3 is 4. The first kappa shape index (κ1) is 19.5. The van der Waals surface area contributed by atoms with Gasteiger partial charge in [0.05, 0.1) is 34.1 Å². The highest BCUT2D eigenvalue weighted by Crippen LogP contribution is 2.41. The first-order valence-electron chi connectivity index (χ1n) is 8.34. The maximum atomic E-state index is 13.0. The van der Waals surface area contributed by atoms with Crippen molar-refractivity contribution in [3.8, 4) is 23.0 Å². The Morgan fingerprint density at radius 1 is 0.893 bits per heavy atom. The molecule has 1 amide bonds. The molecule has 2 aromatic carbocycles. The minimum Gasteiger partial charge on any atom is -0.495 e. The molecule has 8 heteroatoms. The summed E-state index contributed by atoms with van der Waals surface area (Å²) in [6.45, 7) is 0. The van der Waals surface area contributed by atoms with Crippen molar-refractivity contribution in [1.82, 2.24) is 5.32 Å². The molecule has 1 aliphatic rings. The number of ether oxygens (including phenoxy) is 4. The van der Waals surface area contributed by atoms with Crippen molar-refractivity contribution >= 4 is 35.0 Å². The van der Waals surface area contributed by atoms with Crippen molar-refractivity contribution in [2.75, 3.05) is 33.3 Å². The monoisotopic (exact) mass is 400 g/mol. The number of hydrogen-bond donors (Lipinski definition) is 1. The van der Waals surface area contributed by atoms with Gasteiger partial charge in [-0.25, -0.2) is 4.90 Å². The molecule has 146 valence electrons. The molecule has 0 aromatic heterocycles. The van der Waals surface area contributed by atoms with Crippen LogP contribution in [-0.4, -0.2) is 39.5 Å². The largest absolute Gasteiger partial charge is 0.495 e. The van der Waals surface area contributed by atoms with E-state index in [0.29, 0.717) is 39.9 Å². The molecule has 1 heterocycles. The van der Waals surface area contributed by atoms with Crippen LogP contribution in [0.15, 0.2) is 42.1 Å². The highest BCUT2D eigenvalue weighted by atomic mass is 32.1. The summed E-state index contributed by atoms with van der Waals surface area (Å²) in [5.74, 6) is 1.66. The second-order valence-corrected chi connectivity index (χ2v) is 6.11. The standard InChI is InChI=1S/C20H20N2O5S/c1-24-15-8-6-5-7-14(15)22-19(23)13(21-20(22)28)11-12-9-10-16(25-2)18(27-4)17(12)26-3/h5-11H,1-4H3,(H,21,28)/b13-11+. The molecule has 1 N–H and O–H groups in total. The number of nitrogens with zero attached hydrogens (tertiary/aromatic N) is 1. The van der Waals surface area contributed by atoms with Gasteiger partial charge in [-0.1, -0.05) is 12.1 Å². The summed E-state index contributed by atoms with van der Waals surface area (Å²) in [4.78, 5) is 14.4. The molecule has 0 unspecified atom stereocenters. The molecule has 28 heavy (non-hydrogen) atoms. The summed E-state index contributed by atoms with van der Waals surface area (Å²) in [6.07, 6.45) is 1.66. The lowest BCUT2D eigenvalue weighted by Crippen LogP contribution is -2.30. The molecule has 7 nitrogen and oxygen atoms in total. The molecular weight excluding hydrogens is 380 g/mol. The fourth-order valence-corrected chi connectivity index (χ4v) is 3.25. The third kappa shape index (κ3) is 3.34. The molecule has 0 spiro atoms. The van der Waals surface area contributed by atoms with E-state index in [1.807, 2.05) is 12.1 Å². The highest BCUT2D eigenvalue weighted by Gasteiger charge is 2.34. The van der Waals surface area contributed by atoms with Gasteiger partial charge in [0.15, 0.2) is 16.6 Å². The topological polar surface area (TPSA) is 69.3 Å². The Bertz CT molecular complexity index is 958. The Hall–Kier alpha value is -3.26. The maximum Gasteiger partial charge on any atom is 0.281 e. The van der Waals surface area contributed by atoms with E-state index in [9.17, 15) is 4.79 Å². The van der Waals surface area contributed by atoms with Gasteiger partial charge in [-0.2, -0.15) is 0 Å². The lowest BCUT2D eigenvalue weighted by molar-refractivity contribution is -0.113.